The SMILES string of the molecule is CC(C)[C@H](N)C(=O)Nc1ccc(-n2cccn2)nc1. The number of hydrogen-bond acceptors (Lipinski definition) is 4. The maximum absolute atomic E-state index is 11.8. The molecule has 0 aliphatic rings. The van der Waals surface area contributed by atoms with Gasteiger partial charge in [-0.05, 0) is 24.1 Å². The Morgan fingerprint density at radius 3 is 2.74 bits per heavy atom. The highest BCUT2D eigenvalue weighted by atomic mass is 16.2. The van der Waals surface area contributed by atoms with Crippen molar-refractivity contribution in [1.82, 2.24) is 14.8 Å². The number of hydrogen-bond donors (Lipinski definition) is 2. The Bertz CT molecular complexity index is 533. The molecule has 1 amide bonds. The molecule has 2 rings (SSSR count). The maximum atomic E-state index is 11.8. The zero-order valence-electron chi connectivity index (χ0n) is 10.9. The van der Waals surface area contributed by atoms with Crippen LogP contribution in [0.1, 0.15) is 13.8 Å². The molecular formula is C13H17N5O. The van der Waals surface area contributed by atoms with E-state index in [-0.39, 0.29) is 11.8 Å². The smallest absolute Gasteiger partial charge is 0.241 e. The van der Waals surface area contributed by atoms with Crippen molar-refractivity contribution in [1.29, 1.82) is 0 Å². The fraction of sp³-hybridized carbons (Fsp3) is 0.308. The molecule has 100 valence electrons. The molecule has 0 aromatic carbocycles. The van der Waals surface area contributed by atoms with E-state index in [0.29, 0.717) is 11.5 Å². The Morgan fingerprint density at radius 1 is 1.42 bits per heavy atom. The van der Waals surface area contributed by atoms with E-state index >= 15 is 0 Å². The fourth-order valence-electron chi connectivity index (χ4n) is 1.53. The number of pyridine rings is 1. The van der Waals surface area contributed by atoms with Crippen molar-refractivity contribution in [3.63, 3.8) is 0 Å². The highest BCUT2D eigenvalue weighted by Crippen LogP contribution is 2.10. The minimum Gasteiger partial charge on any atom is -0.323 e. The molecule has 0 saturated carbocycles. The highest BCUT2D eigenvalue weighted by molar-refractivity contribution is 5.94. The van der Waals surface area contributed by atoms with E-state index in [0.717, 1.165) is 0 Å². The second-order valence-electron chi connectivity index (χ2n) is 4.61. The Labute approximate surface area is 111 Å². The quantitative estimate of drug-likeness (QED) is 0.863. The lowest BCUT2D eigenvalue weighted by atomic mass is 10.1. The van der Waals surface area contributed by atoms with Crippen LogP contribution >= 0.6 is 0 Å². The van der Waals surface area contributed by atoms with Crippen LogP contribution in [0.2, 0.25) is 0 Å². The number of nitrogens with zero attached hydrogens (tertiary/aromatic N) is 3. The Balaban J connectivity index is 2.05. The Morgan fingerprint density at radius 2 is 2.21 bits per heavy atom. The van der Waals surface area contributed by atoms with Gasteiger partial charge in [-0.3, -0.25) is 4.79 Å². The molecule has 0 unspecified atom stereocenters. The predicted molar refractivity (Wildman–Crippen MR) is 72.8 cm³/mol. The molecule has 2 aromatic heterocycles. The number of anilines is 1. The van der Waals surface area contributed by atoms with Crippen LogP contribution in [0.4, 0.5) is 5.69 Å². The summed E-state index contributed by atoms with van der Waals surface area (Å²) in [5.74, 6) is 0.580. The van der Waals surface area contributed by atoms with Crippen LogP contribution in [0.3, 0.4) is 0 Å². The van der Waals surface area contributed by atoms with Gasteiger partial charge in [0.15, 0.2) is 5.82 Å². The van der Waals surface area contributed by atoms with E-state index in [1.54, 1.807) is 35.4 Å². The van der Waals surface area contributed by atoms with Crippen LogP contribution in [-0.2, 0) is 4.79 Å². The van der Waals surface area contributed by atoms with Crippen LogP contribution in [-0.4, -0.2) is 26.7 Å². The third kappa shape index (κ3) is 3.17. The van der Waals surface area contributed by atoms with Crippen molar-refractivity contribution in [2.24, 2.45) is 11.7 Å². The molecule has 0 saturated heterocycles. The third-order valence-electron chi connectivity index (χ3n) is 2.78. The van der Waals surface area contributed by atoms with Gasteiger partial charge >= 0.3 is 0 Å². The van der Waals surface area contributed by atoms with Gasteiger partial charge in [-0.15, -0.1) is 0 Å². The normalized spacial score (nSPS) is 12.4. The van der Waals surface area contributed by atoms with Crippen molar-refractivity contribution in [3.8, 4) is 5.82 Å². The third-order valence-corrected chi connectivity index (χ3v) is 2.78. The summed E-state index contributed by atoms with van der Waals surface area (Å²) >= 11 is 0. The van der Waals surface area contributed by atoms with Crippen LogP contribution < -0.4 is 11.1 Å². The molecule has 6 nitrogen and oxygen atoms in total. The van der Waals surface area contributed by atoms with Crippen LogP contribution in [0.25, 0.3) is 5.82 Å². The zero-order valence-corrected chi connectivity index (χ0v) is 10.9. The molecule has 2 heterocycles. The maximum Gasteiger partial charge on any atom is 0.241 e. The standard InChI is InChI=1S/C13H17N5O/c1-9(2)12(14)13(19)17-10-4-5-11(15-8-10)18-7-3-6-16-18/h3-9,12H,14H2,1-2H3,(H,17,19)/t12-/m0/s1. The summed E-state index contributed by atoms with van der Waals surface area (Å²) in [6.07, 6.45) is 5.07. The molecule has 19 heavy (non-hydrogen) atoms. The molecule has 0 radical (unpaired) electrons. The molecule has 2 aromatic rings. The summed E-state index contributed by atoms with van der Waals surface area (Å²) in [5, 5.41) is 6.81. The van der Waals surface area contributed by atoms with Gasteiger partial charge in [0.25, 0.3) is 0 Å². The van der Waals surface area contributed by atoms with E-state index in [1.807, 2.05) is 19.9 Å². The number of aromatic nitrogens is 3. The minimum atomic E-state index is -0.522. The molecule has 6 heteroatoms. The summed E-state index contributed by atoms with van der Waals surface area (Å²) in [6, 6.07) is 4.85. The molecule has 0 bridgehead atoms. The van der Waals surface area contributed by atoms with Crippen molar-refractivity contribution < 1.29 is 4.79 Å². The Hall–Kier alpha value is -2.21. The van der Waals surface area contributed by atoms with Crippen molar-refractivity contribution in [2.45, 2.75) is 19.9 Å². The van der Waals surface area contributed by atoms with Gasteiger partial charge in [0.1, 0.15) is 0 Å². The largest absolute Gasteiger partial charge is 0.323 e. The highest BCUT2D eigenvalue weighted by Gasteiger charge is 2.17. The predicted octanol–water partition coefficient (Wildman–Crippen LogP) is 1.19. The number of nitrogens with two attached hydrogens (primary N) is 1. The molecule has 1 atom stereocenters. The average molecular weight is 259 g/mol. The van der Waals surface area contributed by atoms with E-state index in [4.69, 9.17) is 5.73 Å². The van der Waals surface area contributed by atoms with E-state index in [9.17, 15) is 4.79 Å². The zero-order chi connectivity index (χ0) is 13.8. The molecule has 0 spiro atoms. The van der Waals surface area contributed by atoms with E-state index in [2.05, 4.69) is 15.4 Å². The number of amides is 1. The number of nitrogens with one attached hydrogen (secondary N) is 1. The first-order valence-corrected chi connectivity index (χ1v) is 6.10. The molecule has 3 N–H and O–H groups in total. The summed E-state index contributed by atoms with van der Waals surface area (Å²) in [6.45, 7) is 3.81. The topological polar surface area (TPSA) is 85.8 Å². The van der Waals surface area contributed by atoms with Gasteiger partial charge in [-0.25, -0.2) is 9.67 Å². The minimum absolute atomic E-state index is 0.0938. The van der Waals surface area contributed by atoms with E-state index < -0.39 is 6.04 Å². The summed E-state index contributed by atoms with van der Waals surface area (Å²) in [5.41, 5.74) is 6.39. The summed E-state index contributed by atoms with van der Waals surface area (Å²) in [4.78, 5) is 16.0. The van der Waals surface area contributed by atoms with Crippen LogP contribution in [0.15, 0.2) is 36.8 Å². The lowest BCUT2D eigenvalue weighted by Gasteiger charge is -2.15. The van der Waals surface area contributed by atoms with Gasteiger partial charge in [-0.1, -0.05) is 13.8 Å². The first kappa shape index (κ1) is 13.2. The molecule has 0 aliphatic carbocycles. The van der Waals surface area contributed by atoms with Gasteiger partial charge in [0.05, 0.1) is 17.9 Å². The van der Waals surface area contributed by atoms with Gasteiger partial charge < -0.3 is 11.1 Å². The second kappa shape index (κ2) is 5.62. The fourth-order valence-corrected chi connectivity index (χ4v) is 1.53. The van der Waals surface area contributed by atoms with Gasteiger partial charge in [0, 0.05) is 12.4 Å². The molecular weight excluding hydrogens is 242 g/mol. The Kier molecular flexibility index (Phi) is 3.91. The summed E-state index contributed by atoms with van der Waals surface area (Å²) in [7, 11) is 0. The van der Waals surface area contributed by atoms with Crippen LogP contribution in [0.5, 0.6) is 0 Å². The average Bonchev–Trinajstić information content (AvgIpc) is 2.92. The number of rotatable bonds is 4. The first-order chi connectivity index (χ1) is 9.08. The first-order valence-electron chi connectivity index (χ1n) is 6.10. The van der Waals surface area contributed by atoms with Crippen molar-refractivity contribution in [3.05, 3.63) is 36.8 Å². The summed E-state index contributed by atoms with van der Waals surface area (Å²) < 4.78 is 1.64. The number of carbonyl (C=O) groups excluding carboxylic acids is 1. The molecule has 0 aliphatic heterocycles. The lowest BCUT2D eigenvalue weighted by molar-refractivity contribution is -0.118. The van der Waals surface area contributed by atoms with E-state index in [1.165, 1.54) is 0 Å². The van der Waals surface area contributed by atoms with Crippen molar-refractivity contribution >= 4 is 11.6 Å². The van der Waals surface area contributed by atoms with Gasteiger partial charge in [-0.2, -0.15) is 5.10 Å². The van der Waals surface area contributed by atoms with Crippen molar-refractivity contribution in [2.75, 3.05) is 5.32 Å². The lowest BCUT2D eigenvalue weighted by Crippen LogP contribution is -2.39. The second-order valence-corrected chi connectivity index (χ2v) is 4.61. The van der Waals surface area contributed by atoms with Crippen LogP contribution in [0, 0.1) is 5.92 Å². The molecule has 0 fully saturated rings. The number of carbonyl (C=O) groups is 1. The monoisotopic (exact) mass is 259 g/mol. The van der Waals surface area contributed by atoms with Gasteiger partial charge in [0.2, 0.25) is 5.91 Å².